The van der Waals surface area contributed by atoms with Crippen LogP contribution in [0.3, 0.4) is 0 Å². The van der Waals surface area contributed by atoms with E-state index in [-0.39, 0.29) is 11.2 Å². The van der Waals surface area contributed by atoms with E-state index in [9.17, 15) is 4.79 Å². The van der Waals surface area contributed by atoms with Gasteiger partial charge in [0.2, 0.25) is 5.91 Å². The molecule has 0 bridgehead atoms. The number of nitrogens with zero attached hydrogens (tertiary/aromatic N) is 2. The van der Waals surface area contributed by atoms with Gasteiger partial charge in [0.1, 0.15) is 16.5 Å². The minimum Gasteiger partial charge on any atom is -0.496 e. The van der Waals surface area contributed by atoms with Gasteiger partial charge in [-0.15, -0.1) is 10.2 Å². The Morgan fingerprint density at radius 1 is 0.935 bits per heavy atom. The molecule has 1 N–H and O–H groups in total. The molecule has 1 atom stereocenters. The average molecular weight is 430 g/mol. The van der Waals surface area contributed by atoms with E-state index in [1.807, 2.05) is 85.8 Å². The second-order valence-electron chi connectivity index (χ2n) is 7.06. The molecule has 0 spiro atoms. The van der Waals surface area contributed by atoms with Gasteiger partial charge in [-0.1, -0.05) is 84.6 Å². The topological polar surface area (TPSA) is 64.1 Å². The largest absolute Gasteiger partial charge is 0.496 e. The number of hydrogen-bond donors (Lipinski definition) is 1. The number of nitrogens with one attached hydrogen (secondary N) is 1. The number of carbonyl (C=O) groups excluding carboxylic acids is 1. The lowest BCUT2D eigenvalue weighted by molar-refractivity contribution is -0.120. The summed E-state index contributed by atoms with van der Waals surface area (Å²) in [5.74, 6) is 0.699. The number of thioether (sulfide) groups is 1. The summed E-state index contributed by atoms with van der Waals surface area (Å²) in [4.78, 5) is 12.7. The molecule has 0 unspecified atom stereocenters. The summed E-state index contributed by atoms with van der Waals surface area (Å²) in [7, 11) is 1.63. The first-order chi connectivity index (χ1) is 15.2. The Kier molecular flexibility index (Phi) is 6.48. The number of ether oxygens (including phenoxy) is 1. The number of carbonyl (C=O) groups is 1. The van der Waals surface area contributed by atoms with E-state index >= 15 is 0 Å². The second kappa shape index (κ2) is 9.62. The molecule has 1 aromatic heterocycles. The highest BCUT2D eigenvalue weighted by Gasteiger charge is 2.19. The fourth-order valence-electron chi connectivity index (χ4n) is 3.37. The maximum absolute atomic E-state index is 12.7. The first kappa shape index (κ1) is 20.9. The molecular formula is C25H23N3O2S. The standard InChI is InChI=1S/C25H23N3O2S/c1-17(24(29)26-16-19-12-6-9-15-22(19)30-2)31-25-21-14-8-7-13-20(21)23(27-28-25)18-10-4-3-5-11-18/h3-15,17H,16H2,1-2H3,(H,26,29)/t17-/m0/s1. The fourth-order valence-corrected chi connectivity index (χ4v) is 4.29. The van der Waals surface area contributed by atoms with Crippen LogP contribution in [0, 0.1) is 0 Å². The lowest BCUT2D eigenvalue weighted by Gasteiger charge is -2.14. The molecule has 0 saturated heterocycles. The van der Waals surface area contributed by atoms with Gasteiger partial charge in [-0.2, -0.15) is 0 Å². The second-order valence-corrected chi connectivity index (χ2v) is 8.38. The smallest absolute Gasteiger partial charge is 0.233 e. The molecule has 1 amide bonds. The number of aromatic nitrogens is 2. The molecule has 4 rings (SSSR count). The molecule has 0 radical (unpaired) electrons. The highest BCUT2D eigenvalue weighted by molar-refractivity contribution is 8.00. The van der Waals surface area contributed by atoms with Gasteiger partial charge in [-0.05, 0) is 13.0 Å². The fraction of sp³-hybridized carbons (Fsp3) is 0.160. The van der Waals surface area contributed by atoms with Crippen molar-refractivity contribution in [2.75, 3.05) is 7.11 Å². The Bertz CT molecular complexity index is 1200. The Morgan fingerprint density at radius 2 is 1.61 bits per heavy atom. The molecule has 0 aliphatic carbocycles. The Labute approximate surface area is 185 Å². The summed E-state index contributed by atoms with van der Waals surface area (Å²) < 4.78 is 5.35. The third-order valence-corrected chi connectivity index (χ3v) is 6.10. The van der Waals surface area contributed by atoms with Crippen LogP contribution in [0.2, 0.25) is 0 Å². The van der Waals surface area contributed by atoms with Crippen LogP contribution < -0.4 is 10.1 Å². The Morgan fingerprint density at radius 3 is 2.39 bits per heavy atom. The van der Waals surface area contributed by atoms with Crippen molar-refractivity contribution in [1.82, 2.24) is 15.5 Å². The van der Waals surface area contributed by atoms with Crippen LogP contribution in [0.5, 0.6) is 5.75 Å². The summed E-state index contributed by atoms with van der Waals surface area (Å²) >= 11 is 1.41. The van der Waals surface area contributed by atoms with Crippen molar-refractivity contribution in [2.24, 2.45) is 0 Å². The van der Waals surface area contributed by atoms with Crippen molar-refractivity contribution < 1.29 is 9.53 Å². The van der Waals surface area contributed by atoms with Crippen molar-refractivity contribution in [3.63, 3.8) is 0 Å². The van der Waals surface area contributed by atoms with Crippen molar-refractivity contribution in [1.29, 1.82) is 0 Å². The monoisotopic (exact) mass is 429 g/mol. The van der Waals surface area contributed by atoms with Crippen molar-refractivity contribution >= 4 is 28.4 Å². The molecule has 0 aliphatic heterocycles. The van der Waals surface area contributed by atoms with E-state index < -0.39 is 0 Å². The molecule has 1 heterocycles. The average Bonchev–Trinajstić information content (AvgIpc) is 2.83. The molecule has 0 saturated carbocycles. The minimum absolute atomic E-state index is 0.0612. The number of rotatable bonds is 7. The summed E-state index contributed by atoms with van der Waals surface area (Å²) in [5, 5.41) is 14.4. The molecule has 0 aliphatic rings. The van der Waals surface area contributed by atoms with Crippen LogP contribution in [0.1, 0.15) is 12.5 Å². The van der Waals surface area contributed by atoms with Crippen molar-refractivity contribution in [3.8, 4) is 17.0 Å². The molecule has 0 fully saturated rings. The summed E-state index contributed by atoms with van der Waals surface area (Å²) in [6.45, 7) is 2.29. The first-order valence-electron chi connectivity index (χ1n) is 10.0. The van der Waals surface area contributed by atoms with Crippen LogP contribution in [0.4, 0.5) is 0 Å². The number of hydrogen-bond acceptors (Lipinski definition) is 5. The molecular weight excluding hydrogens is 406 g/mol. The van der Waals surface area contributed by atoms with Crippen LogP contribution >= 0.6 is 11.8 Å². The van der Waals surface area contributed by atoms with Crippen molar-refractivity contribution in [3.05, 3.63) is 84.4 Å². The van der Waals surface area contributed by atoms with Gasteiger partial charge in [-0.25, -0.2) is 0 Å². The lowest BCUT2D eigenvalue weighted by atomic mass is 10.1. The molecule has 5 nitrogen and oxygen atoms in total. The van der Waals surface area contributed by atoms with Gasteiger partial charge < -0.3 is 10.1 Å². The van der Waals surface area contributed by atoms with Gasteiger partial charge in [0.25, 0.3) is 0 Å². The van der Waals surface area contributed by atoms with Crippen LogP contribution in [-0.2, 0) is 11.3 Å². The SMILES string of the molecule is COc1ccccc1CNC(=O)[C@H](C)Sc1nnc(-c2ccccc2)c2ccccc12. The van der Waals surface area contributed by atoms with E-state index in [1.54, 1.807) is 7.11 Å². The van der Waals surface area contributed by atoms with E-state index in [2.05, 4.69) is 15.5 Å². The number of benzene rings is 3. The molecule has 4 aromatic rings. The number of fused-ring (bicyclic) bond motifs is 1. The number of amides is 1. The third kappa shape index (κ3) is 4.70. The zero-order valence-electron chi connectivity index (χ0n) is 17.4. The predicted octanol–water partition coefficient (Wildman–Crippen LogP) is 5.10. The quantitative estimate of drug-likeness (QED) is 0.414. The summed E-state index contributed by atoms with van der Waals surface area (Å²) in [6.07, 6.45) is 0. The molecule has 31 heavy (non-hydrogen) atoms. The first-order valence-corrected chi connectivity index (χ1v) is 10.9. The van der Waals surface area contributed by atoms with E-state index in [0.717, 1.165) is 38.4 Å². The van der Waals surface area contributed by atoms with Gasteiger partial charge in [0.05, 0.1) is 12.4 Å². The van der Waals surface area contributed by atoms with Crippen LogP contribution in [-0.4, -0.2) is 28.5 Å². The van der Waals surface area contributed by atoms with Crippen LogP contribution in [0.25, 0.3) is 22.0 Å². The Hall–Kier alpha value is -3.38. The third-order valence-electron chi connectivity index (χ3n) is 5.00. The van der Waals surface area contributed by atoms with Crippen LogP contribution in [0.15, 0.2) is 83.9 Å². The molecule has 156 valence electrons. The maximum Gasteiger partial charge on any atom is 0.233 e. The highest BCUT2D eigenvalue weighted by Crippen LogP contribution is 2.33. The highest BCUT2D eigenvalue weighted by atomic mass is 32.2. The van der Waals surface area contributed by atoms with Gasteiger partial charge in [-0.3, -0.25) is 4.79 Å². The van der Waals surface area contributed by atoms with Gasteiger partial charge >= 0.3 is 0 Å². The van der Waals surface area contributed by atoms with Gasteiger partial charge in [0.15, 0.2) is 0 Å². The summed E-state index contributed by atoms with van der Waals surface area (Å²) in [5.41, 5.74) is 2.80. The molecule has 6 heteroatoms. The number of para-hydroxylation sites is 1. The van der Waals surface area contributed by atoms with Gasteiger partial charge in [0, 0.05) is 28.4 Å². The predicted molar refractivity (Wildman–Crippen MR) is 125 cm³/mol. The van der Waals surface area contributed by atoms with Crippen molar-refractivity contribution in [2.45, 2.75) is 23.7 Å². The maximum atomic E-state index is 12.7. The summed E-state index contributed by atoms with van der Waals surface area (Å²) in [6, 6.07) is 25.7. The van der Waals surface area contributed by atoms with E-state index in [1.165, 1.54) is 11.8 Å². The lowest BCUT2D eigenvalue weighted by Crippen LogP contribution is -2.30. The zero-order valence-corrected chi connectivity index (χ0v) is 18.2. The van der Waals surface area contributed by atoms with E-state index in [0.29, 0.717) is 6.54 Å². The Balaban J connectivity index is 1.52. The number of methoxy groups -OCH3 is 1. The van der Waals surface area contributed by atoms with E-state index in [4.69, 9.17) is 4.74 Å². The molecule has 3 aromatic carbocycles. The zero-order chi connectivity index (χ0) is 21.6. The normalized spacial score (nSPS) is 11.8. The minimum atomic E-state index is -0.324.